The molecule has 0 atom stereocenters. The van der Waals surface area contributed by atoms with Gasteiger partial charge in [-0.1, -0.05) is 0 Å². The van der Waals surface area contributed by atoms with Crippen LogP contribution in [0.25, 0.3) is 0 Å². The van der Waals surface area contributed by atoms with Gasteiger partial charge in [0.05, 0.1) is 11.4 Å². The summed E-state index contributed by atoms with van der Waals surface area (Å²) in [6.45, 7) is 0. The van der Waals surface area contributed by atoms with Crippen LogP contribution in [0, 0.1) is 34.9 Å². The van der Waals surface area contributed by atoms with Crippen molar-refractivity contribution in [1.29, 1.82) is 0 Å². The monoisotopic (exact) mass is 604 g/mol. The second-order valence-electron chi connectivity index (χ2n) is 7.51. The molecule has 0 aliphatic heterocycles. The molecule has 0 heterocycles. The molecular formula is C21H7F15N2O2. The molecular weight excluding hydrogens is 597 g/mol. The molecule has 218 valence electrons. The predicted molar refractivity (Wildman–Crippen MR) is 103 cm³/mol. The Morgan fingerprint density at radius 1 is 0.475 bits per heavy atom. The third kappa shape index (κ3) is 5.44. The van der Waals surface area contributed by atoms with E-state index in [1.807, 2.05) is 0 Å². The van der Waals surface area contributed by atoms with E-state index in [9.17, 15) is 61.5 Å². The van der Waals surface area contributed by atoms with Crippen molar-refractivity contribution in [3.8, 4) is 23.0 Å². The number of hydrogen-bond donors (Lipinski definition) is 2. The summed E-state index contributed by atoms with van der Waals surface area (Å²) >= 11 is 0. The van der Waals surface area contributed by atoms with Gasteiger partial charge in [0.15, 0.2) is 34.7 Å². The van der Waals surface area contributed by atoms with E-state index < -0.39 is 111 Å². The van der Waals surface area contributed by atoms with Crippen LogP contribution in [0.15, 0.2) is 18.2 Å². The Morgan fingerprint density at radius 3 is 1.20 bits per heavy atom. The maximum absolute atomic E-state index is 15.1. The number of halogens is 15. The van der Waals surface area contributed by atoms with Gasteiger partial charge in [0, 0.05) is 12.1 Å². The Kier molecular flexibility index (Phi) is 7.42. The second-order valence-corrected chi connectivity index (χ2v) is 7.51. The molecule has 3 aromatic carbocycles. The normalized spacial score (nSPS) is 12.6. The molecule has 0 saturated heterocycles. The largest absolute Gasteiger partial charge is 0.450 e. The lowest BCUT2D eigenvalue weighted by Gasteiger charge is -2.20. The number of nitrogen functional groups attached to an aromatic ring is 2. The van der Waals surface area contributed by atoms with Crippen LogP contribution < -0.4 is 20.9 Å². The zero-order valence-electron chi connectivity index (χ0n) is 18.4. The van der Waals surface area contributed by atoms with Crippen LogP contribution in [0.5, 0.6) is 23.0 Å². The minimum Gasteiger partial charge on any atom is -0.450 e. The van der Waals surface area contributed by atoms with Crippen LogP contribution in [0.1, 0.15) is 16.7 Å². The van der Waals surface area contributed by atoms with Gasteiger partial charge in [-0.2, -0.15) is 52.7 Å². The van der Waals surface area contributed by atoms with Crippen molar-refractivity contribution in [2.75, 3.05) is 11.5 Å². The first-order valence-corrected chi connectivity index (χ1v) is 9.71. The fourth-order valence-electron chi connectivity index (χ4n) is 3.18. The van der Waals surface area contributed by atoms with Crippen molar-refractivity contribution in [2.24, 2.45) is 0 Å². The minimum atomic E-state index is -5.78. The molecule has 0 amide bonds. The quantitative estimate of drug-likeness (QED) is 0.232. The van der Waals surface area contributed by atoms with Crippen molar-refractivity contribution < 1.29 is 75.3 Å². The molecule has 0 aromatic heterocycles. The predicted octanol–water partition coefficient (Wildman–Crippen LogP) is 8.33. The van der Waals surface area contributed by atoms with E-state index in [0.29, 0.717) is 0 Å². The number of benzene rings is 3. The summed E-state index contributed by atoms with van der Waals surface area (Å²) in [5, 5.41) is 0. The number of rotatable bonds is 4. The van der Waals surface area contributed by atoms with Crippen LogP contribution in [0.2, 0.25) is 0 Å². The summed E-state index contributed by atoms with van der Waals surface area (Å²) in [6.07, 6.45) is -17.0. The van der Waals surface area contributed by atoms with Crippen molar-refractivity contribution in [2.45, 2.75) is 18.5 Å². The molecule has 0 aliphatic rings. The zero-order chi connectivity index (χ0) is 30.7. The average Bonchev–Trinajstić information content (AvgIpc) is 2.76. The molecule has 3 aromatic rings. The molecule has 0 unspecified atom stereocenters. The van der Waals surface area contributed by atoms with Crippen LogP contribution in [0.3, 0.4) is 0 Å². The van der Waals surface area contributed by atoms with E-state index in [1.54, 1.807) is 0 Å². The molecule has 3 rings (SSSR count). The van der Waals surface area contributed by atoms with E-state index in [0.717, 1.165) is 0 Å². The number of hydrogen-bond acceptors (Lipinski definition) is 4. The summed E-state index contributed by atoms with van der Waals surface area (Å²) in [7, 11) is 0. The minimum absolute atomic E-state index is 0.135. The van der Waals surface area contributed by atoms with Gasteiger partial charge in [0.1, 0.15) is 16.7 Å². The fraction of sp³-hybridized carbons (Fsp3) is 0.143. The summed E-state index contributed by atoms with van der Waals surface area (Å²) in [5.41, 5.74) is -0.538. The van der Waals surface area contributed by atoms with Crippen LogP contribution in [0.4, 0.5) is 77.2 Å². The molecule has 0 radical (unpaired) electrons. The molecule has 0 aliphatic carbocycles. The van der Waals surface area contributed by atoms with Crippen LogP contribution >= 0.6 is 0 Å². The van der Waals surface area contributed by atoms with Gasteiger partial charge < -0.3 is 20.9 Å². The molecule has 4 N–H and O–H groups in total. The molecule has 4 nitrogen and oxygen atoms in total. The number of ether oxygens (including phenoxy) is 2. The Labute approximate surface area is 210 Å². The first-order chi connectivity index (χ1) is 18.1. The van der Waals surface area contributed by atoms with E-state index in [1.165, 1.54) is 0 Å². The third-order valence-corrected chi connectivity index (χ3v) is 4.84. The highest BCUT2D eigenvalue weighted by Gasteiger charge is 2.43. The average molecular weight is 604 g/mol. The maximum atomic E-state index is 15.1. The third-order valence-electron chi connectivity index (χ3n) is 4.84. The Balaban J connectivity index is 2.23. The van der Waals surface area contributed by atoms with E-state index >= 15 is 4.39 Å². The molecule has 0 saturated carbocycles. The van der Waals surface area contributed by atoms with E-state index in [-0.39, 0.29) is 12.1 Å². The lowest BCUT2D eigenvalue weighted by atomic mass is 10.1. The first kappa shape index (κ1) is 30.4. The number of nitrogens with two attached hydrogens (primary N) is 2. The van der Waals surface area contributed by atoms with Crippen molar-refractivity contribution in [3.63, 3.8) is 0 Å². The molecule has 0 bridgehead atoms. The van der Waals surface area contributed by atoms with Gasteiger partial charge in [-0.25, -0.2) is 13.2 Å². The fourth-order valence-corrected chi connectivity index (χ4v) is 3.18. The summed E-state index contributed by atoms with van der Waals surface area (Å²) in [4.78, 5) is 0. The standard InChI is InChI=1S/C21H7F15N2O2/c22-5-1-4(19(28,29)30)17(39-8-2-6(37)10(20(31,32)33)14(25)12(8)23)16(27)18(5)40-9-3-7(38)11(21(34,35)36)15(26)13(9)24/h1-3H,37-38H2. The highest BCUT2D eigenvalue weighted by Crippen LogP contribution is 2.48. The molecule has 0 spiro atoms. The number of anilines is 2. The topological polar surface area (TPSA) is 70.5 Å². The summed E-state index contributed by atoms with van der Waals surface area (Å²) < 4.78 is 212. The van der Waals surface area contributed by atoms with Gasteiger partial charge in [0.25, 0.3) is 0 Å². The van der Waals surface area contributed by atoms with Gasteiger partial charge in [-0.3, -0.25) is 0 Å². The van der Waals surface area contributed by atoms with Gasteiger partial charge in [-0.05, 0) is 6.07 Å². The zero-order valence-corrected chi connectivity index (χ0v) is 18.4. The lowest BCUT2D eigenvalue weighted by Crippen LogP contribution is -2.15. The summed E-state index contributed by atoms with van der Waals surface area (Å²) in [5.74, 6) is -23.8. The lowest BCUT2D eigenvalue weighted by molar-refractivity contribution is -0.140. The van der Waals surface area contributed by atoms with Crippen molar-refractivity contribution in [1.82, 2.24) is 0 Å². The van der Waals surface area contributed by atoms with Crippen molar-refractivity contribution in [3.05, 3.63) is 69.8 Å². The van der Waals surface area contributed by atoms with Crippen molar-refractivity contribution >= 4 is 11.4 Å². The Morgan fingerprint density at radius 2 is 0.850 bits per heavy atom. The van der Waals surface area contributed by atoms with Gasteiger partial charge in [0.2, 0.25) is 23.2 Å². The molecule has 19 heteroatoms. The molecule has 40 heavy (non-hydrogen) atoms. The highest BCUT2D eigenvalue weighted by molar-refractivity contribution is 5.58. The smallest absolute Gasteiger partial charge is 0.421 e. The second kappa shape index (κ2) is 9.77. The van der Waals surface area contributed by atoms with E-state index in [4.69, 9.17) is 11.5 Å². The van der Waals surface area contributed by atoms with Gasteiger partial charge >= 0.3 is 18.5 Å². The Bertz CT molecular complexity index is 1490. The van der Waals surface area contributed by atoms with Gasteiger partial charge in [-0.15, -0.1) is 0 Å². The van der Waals surface area contributed by atoms with Crippen LogP contribution in [-0.4, -0.2) is 0 Å². The van der Waals surface area contributed by atoms with E-state index in [2.05, 4.69) is 9.47 Å². The Hall–Kier alpha value is -4.19. The van der Waals surface area contributed by atoms with Crippen LogP contribution in [-0.2, 0) is 18.5 Å². The maximum Gasteiger partial charge on any atom is 0.421 e. The first-order valence-electron chi connectivity index (χ1n) is 9.71. The highest BCUT2D eigenvalue weighted by atomic mass is 19.4. The molecule has 0 fully saturated rings. The summed E-state index contributed by atoms with van der Waals surface area (Å²) in [6, 6.07) is -0.961. The number of alkyl halides is 9. The SMILES string of the molecule is Nc1cc(Oc2c(F)cc(C(F)(F)F)c(Oc3cc(N)c(C(F)(F)F)c(F)c3F)c2F)c(F)c(F)c1C(F)(F)F.